The van der Waals surface area contributed by atoms with Crippen molar-refractivity contribution < 1.29 is 18.8 Å². The summed E-state index contributed by atoms with van der Waals surface area (Å²) >= 11 is 0. The van der Waals surface area contributed by atoms with Crippen LogP contribution in [0.25, 0.3) is 0 Å². The summed E-state index contributed by atoms with van der Waals surface area (Å²) in [4.78, 5) is 15.2. The zero-order chi connectivity index (χ0) is 23.4. The Morgan fingerprint density at radius 1 is 1.03 bits per heavy atom. The van der Waals surface area contributed by atoms with Crippen molar-refractivity contribution in [2.75, 3.05) is 6.54 Å². The van der Waals surface area contributed by atoms with Gasteiger partial charge in [-0.15, -0.1) is 0 Å². The summed E-state index contributed by atoms with van der Waals surface area (Å²) in [6, 6.07) is 10.8. The van der Waals surface area contributed by atoms with E-state index in [1.807, 2.05) is 25.7 Å². The van der Waals surface area contributed by atoms with Gasteiger partial charge in [-0.1, -0.05) is 30.3 Å². The molecule has 1 aromatic carbocycles. The molecule has 0 radical (unpaired) electrons. The van der Waals surface area contributed by atoms with Crippen LogP contribution in [-0.4, -0.2) is 47.5 Å². The third-order valence-corrected chi connectivity index (χ3v) is 8.04. The quantitative estimate of drug-likeness (QED) is 0.525. The molecule has 176 valence electrons. The fourth-order valence-corrected chi connectivity index (χ4v) is 5.59. The van der Waals surface area contributed by atoms with E-state index in [4.69, 9.17) is 14.0 Å². The molecule has 6 heteroatoms. The molecule has 0 aromatic heterocycles. The van der Waals surface area contributed by atoms with Crippen LogP contribution in [0, 0.1) is 0 Å². The van der Waals surface area contributed by atoms with Crippen LogP contribution >= 0.6 is 0 Å². The number of piperidine rings is 1. The van der Waals surface area contributed by atoms with Crippen molar-refractivity contribution >= 4 is 13.2 Å². The fourth-order valence-electron chi connectivity index (χ4n) is 5.59. The molecule has 0 N–H and O–H groups in total. The molecule has 1 aliphatic carbocycles. The lowest BCUT2D eigenvalue weighted by Crippen LogP contribution is -2.60. The summed E-state index contributed by atoms with van der Waals surface area (Å²) in [5, 5.41) is -0.233. The van der Waals surface area contributed by atoms with Crippen LogP contribution < -0.4 is 0 Å². The van der Waals surface area contributed by atoms with Gasteiger partial charge in [0.15, 0.2) is 0 Å². The molecular weight excluding hydrogens is 401 g/mol. The molecule has 1 saturated carbocycles. The van der Waals surface area contributed by atoms with Crippen LogP contribution in [0.3, 0.4) is 0 Å². The normalized spacial score (nSPS) is 31.8. The average Bonchev–Trinajstić information content (AvgIpc) is 2.88. The molecule has 2 saturated heterocycles. The number of carbonyl (C=O) groups excluding carboxylic acids is 1. The number of nitrogens with zero attached hydrogens (tertiary/aromatic N) is 1. The Hall–Kier alpha value is -1.53. The van der Waals surface area contributed by atoms with Gasteiger partial charge in [-0.2, -0.15) is 0 Å². The van der Waals surface area contributed by atoms with Gasteiger partial charge in [0.25, 0.3) is 0 Å². The van der Waals surface area contributed by atoms with E-state index in [1.165, 1.54) is 5.56 Å². The first-order valence-electron chi connectivity index (χ1n) is 12.2. The first kappa shape index (κ1) is 23.6. The third kappa shape index (κ3) is 4.21. The summed E-state index contributed by atoms with van der Waals surface area (Å²) in [6.45, 7) is 15.0. The second-order valence-electron chi connectivity index (χ2n) is 12.0. The Bertz CT molecular complexity index is 810. The molecule has 1 atom stereocenters. The van der Waals surface area contributed by atoms with Gasteiger partial charge in [0.05, 0.1) is 11.2 Å². The van der Waals surface area contributed by atoms with E-state index >= 15 is 0 Å². The Balaban J connectivity index is 1.66. The van der Waals surface area contributed by atoms with Crippen molar-refractivity contribution in [2.45, 2.75) is 115 Å². The van der Waals surface area contributed by atoms with E-state index in [0.717, 1.165) is 38.6 Å². The van der Waals surface area contributed by atoms with Crippen LogP contribution in [0.1, 0.15) is 92.1 Å². The number of ether oxygens (including phenoxy) is 1. The Morgan fingerprint density at radius 3 is 2.19 bits per heavy atom. The molecule has 3 fully saturated rings. The minimum absolute atomic E-state index is 0.0563. The number of hydrogen-bond acceptors (Lipinski definition) is 4. The van der Waals surface area contributed by atoms with Crippen molar-refractivity contribution in [1.82, 2.24) is 4.90 Å². The SMILES string of the molecule is CC(C)(C)OC(=O)N1CCCCC1C1(B2OC(C)(C)C(C)(C)O2)CC(c2ccccc2)C1. The van der Waals surface area contributed by atoms with Gasteiger partial charge < -0.3 is 18.9 Å². The Morgan fingerprint density at radius 2 is 1.62 bits per heavy atom. The van der Waals surface area contributed by atoms with E-state index < -0.39 is 16.8 Å². The minimum Gasteiger partial charge on any atom is -0.444 e. The number of hydrogen-bond donors (Lipinski definition) is 0. The maximum atomic E-state index is 13.3. The molecule has 1 aromatic rings. The average molecular weight is 441 g/mol. The Kier molecular flexibility index (Phi) is 5.95. The molecule has 1 unspecified atom stereocenters. The van der Waals surface area contributed by atoms with Gasteiger partial charge in [-0.05, 0) is 92.1 Å². The van der Waals surface area contributed by atoms with E-state index in [-0.39, 0.29) is 24.6 Å². The topological polar surface area (TPSA) is 48.0 Å². The van der Waals surface area contributed by atoms with Crippen molar-refractivity contribution in [3.8, 4) is 0 Å². The lowest BCUT2D eigenvalue weighted by Gasteiger charge is -2.57. The zero-order valence-corrected chi connectivity index (χ0v) is 20.9. The molecule has 4 rings (SSSR count). The molecule has 2 aliphatic heterocycles. The second-order valence-corrected chi connectivity index (χ2v) is 12.0. The maximum absolute atomic E-state index is 13.3. The standard InChI is InChI=1S/C26H40BNO4/c1-23(2,3)30-22(29)28-16-12-11-15-21(28)26(27-31-24(4,5)25(6,7)32-27)17-20(18-26)19-13-9-8-10-14-19/h8-10,13-14,20-21H,11-12,15-18H2,1-7H3. The van der Waals surface area contributed by atoms with Crippen LogP contribution in [0.5, 0.6) is 0 Å². The number of likely N-dealkylation sites (tertiary alicyclic amines) is 1. The molecule has 0 spiro atoms. The molecule has 3 aliphatic rings. The monoisotopic (exact) mass is 441 g/mol. The van der Waals surface area contributed by atoms with Crippen LogP contribution in [0.15, 0.2) is 30.3 Å². The third-order valence-electron chi connectivity index (χ3n) is 8.04. The fraction of sp³-hybridized carbons (Fsp3) is 0.731. The van der Waals surface area contributed by atoms with Gasteiger partial charge in [0, 0.05) is 17.9 Å². The van der Waals surface area contributed by atoms with E-state index in [9.17, 15) is 4.79 Å². The highest BCUT2D eigenvalue weighted by atomic mass is 16.7. The molecule has 5 nitrogen and oxygen atoms in total. The van der Waals surface area contributed by atoms with Gasteiger partial charge in [0.1, 0.15) is 5.60 Å². The van der Waals surface area contributed by atoms with E-state index in [2.05, 4.69) is 58.0 Å². The minimum atomic E-state index is -0.511. The Labute approximate surface area is 194 Å². The number of benzene rings is 1. The summed E-state index contributed by atoms with van der Waals surface area (Å²) in [5.74, 6) is 0.456. The number of carbonyl (C=O) groups is 1. The van der Waals surface area contributed by atoms with Crippen molar-refractivity contribution in [3.05, 3.63) is 35.9 Å². The molecule has 32 heavy (non-hydrogen) atoms. The maximum Gasteiger partial charge on any atom is 0.466 e. The van der Waals surface area contributed by atoms with Gasteiger partial charge >= 0.3 is 13.2 Å². The molecule has 1 amide bonds. The van der Waals surface area contributed by atoms with Crippen LogP contribution in [-0.2, 0) is 14.0 Å². The highest BCUT2D eigenvalue weighted by Gasteiger charge is 2.67. The predicted molar refractivity (Wildman–Crippen MR) is 128 cm³/mol. The summed E-state index contributed by atoms with van der Waals surface area (Å²) in [7, 11) is -0.333. The first-order valence-corrected chi connectivity index (χ1v) is 12.2. The van der Waals surface area contributed by atoms with Gasteiger partial charge in [0.2, 0.25) is 0 Å². The second kappa shape index (κ2) is 8.05. The lowest BCUT2D eigenvalue weighted by molar-refractivity contribution is -0.0113. The highest BCUT2D eigenvalue weighted by Crippen LogP contribution is 2.65. The van der Waals surface area contributed by atoms with E-state index in [0.29, 0.717) is 5.92 Å². The summed E-state index contributed by atoms with van der Waals surface area (Å²) in [6.07, 6.45) is 4.79. The van der Waals surface area contributed by atoms with Crippen LogP contribution in [0.2, 0.25) is 5.31 Å². The van der Waals surface area contributed by atoms with Gasteiger partial charge in [-0.25, -0.2) is 4.79 Å². The first-order chi connectivity index (χ1) is 14.8. The van der Waals surface area contributed by atoms with Crippen molar-refractivity contribution in [3.63, 3.8) is 0 Å². The molecular formula is C26H40BNO4. The summed E-state index contributed by atoms with van der Waals surface area (Å²) in [5.41, 5.74) is 0.0594. The predicted octanol–water partition coefficient (Wildman–Crippen LogP) is 6.19. The van der Waals surface area contributed by atoms with Crippen molar-refractivity contribution in [2.24, 2.45) is 0 Å². The van der Waals surface area contributed by atoms with Crippen molar-refractivity contribution in [1.29, 1.82) is 0 Å². The van der Waals surface area contributed by atoms with Gasteiger partial charge in [-0.3, -0.25) is 0 Å². The molecule has 0 bridgehead atoms. The van der Waals surface area contributed by atoms with Crippen LogP contribution in [0.4, 0.5) is 4.79 Å². The molecule has 2 heterocycles. The largest absolute Gasteiger partial charge is 0.466 e. The highest BCUT2D eigenvalue weighted by molar-refractivity contribution is 6.50. The zero-order valence-electron chi connectivity index (χ0n) is 20.9. The summed E-state index contributed by atoms with van der Waals surface area (Å²) < 4.78 is 19.1. The number of amides is 1. The van der Waals surface area contributed by atoms with E-state index in [1.54, 1.807) is 0 Å². The lowest BCUT2D eigenvalue weighted by atomic mass is 9.39. The smallest absolute Gasteiger partial charge is 0.444 e. The number of rotatable bonds is 3.